The van der Waals surface area contributed by atoms with E-state index in [2.05, 4.69) is 36.1 Å². The molecule has 0 unspecified atom stereocenters. The van der Waals surface area contributed by atoms with Gasteiger partial charge in [0.2, 0.25) is 0 Å². The lowest BCUT2D eigenvalue weighted by Gasteiger charge is -2.28. The second kappa shape index (κ2) is 13.4. The fraction of sp³-hybridized carbons (Fsp3) is 0.552. The van der Waals surface area contributed by atoms with Crippen molar-refractivity contribution in [3.8, 4) is 0 Å². The fourth-order valence-corrected chi connectivity index (χ4v) is 5.18. The number of nitrogens with zero attached hydrogens (tertiary/aromatic N) is 1. The van der Waals surface area contributed by atoms with Crippen LogP contribution in [0.5, 0.6) is 0 Å². The number of likely N-dealkylation sites (tertiary alicyclic amines) is 1. The van der Waals surface area contributed by atoms with Gasteiger partial charge in [0.1, 0.15) is 0 Å². The highest BCUT2D eigenvalue weighted by Gasteiger charge is 2.27. The normalized spacial score (nSPS) is 17.9. The summed E-state index contributed by atoms with van der Waals surface area (Å²) in [6.07, 6.45) is 3.44. The Hall–Kier alpha value is -1.92. The van der Waals surface area contributed by atoms with Crippen molar-refractivity contribution >= 4 is 17.6 Å². The van der Waals surface area contributed by atoms with Gasteiger partial charge in [0.05, 0.1) is 25.4 Å². The average Bonchev–Trinajstić information content (AvgIpc) is 3.25. The van der Waals surface area contributed by atoms with Crippen LogP contribution in [0.15, 0.2) is 36.4 Å². The van der Waals surface area contributed by atoms with Crippen LogP contribution in [0.1, 0.15) is 67.0 Å². The molecule has 1 heterocycles. The van der Waals surface area contributed by atoms with E-state index in [9.17, 15) is 9.90 Å². The maximum atomic E-state index is 11.9. The molecule has 1 saturated heterocycles. The van der Waals surface area contributed by atoms with Gasteiger partial charge in [0, 0.05) is 24.0 Å². The fourth-order valence-electron chi connectivity index (χ4n) is 4.98. The van der Waals surface area contributed by atoms with Gasteiger partial charge in [-0.1, -0.05) is 41.9 Å². The lowest BCUT2D eigenvalue weighted by atomic mass is 9.95. The van der Waals surface area contributed by atoms with Gasteiger partial charge >= 0.3 is 5.97 Å². The number of carbonyl (C=O) groups is 1. The maximum absolute atomic E-state index is 11.9. The molecule has 1 aliphatic heterocycles. The van der Waals surface area contributed by atoms with Crippen LogP contribution in [0.25, 0.3) is 0 Å². The van der Waals surface area contributed by atoms with Gasteiger partial charge in [-0.2, -0.15) is 0 Å². The zero-order valence-electron chi connectivity index (χ0n) is 21.6. The molecule has 0 saturated carbocycles. The van der Waals surface area contributed by atoms with Crippen LogP contribution in [0.2, 0.25) is 5.02 Å². The van der Waals surface area contributed by atoms with Crippen LogP contribution in [0.4, 0.5) is 0 Å². The molecule has 5 nitrogen and oxygen atoms in total. The van der Waals surface area contributed by atoms with E-state index in [1.54, 1.807) is 0 Å². The molecular formula is C29H40ClNO4. The lowest BCUT2D eigenvalue weighted by molar-refractivity contribution is -0.143. The summed E-state index contributed by atoms with van der Waals surface area (Å²) in [5, 5.41) is 11.6. The number of halogens is 1. The zero-order valence-corrected chi connectivity index (χ0v) is 22.3. The number of β-amino-alcohol motifs (C(OH)–C–C–N with tert-alkyl or cyclic N) is 1. The van der Waals surface area contributed by atoms with Crippen molar-refractivity contribution in [1.82, 2.24) is 4.90 Å². The van der Waals surface area contributed by atoms with Gasteiger partial charge in [-0.15, -0.1) is 0 Å². The molecule has 1 fully saturated rings. The summed E-state index contributed by atoms with van der Waals surface area (Å²) in [5.41, 5.74) is 5.67. The Bertz CT molecular complexity index is 979. The number of hydrogen-bond donors (Lipinski definition) is 1. The van der Waals surface area contributed by atoms with Gasteiger partial charge in [0.25, 0.3) is 0 Å². The van der Waals surface area contributed by atoms with E-state index in [4.69, 9.17) is 21.1 Å². The van der Waals surface area contributed by atoms with Crippen molar-refractivity contribution < 1.29 is 19.4 Å². The first-order valence-electron chi connectivity index (χ1n) is 12.8. The molecule has 2 aromatic carbocycles. The molecule has 3 atom stereocenters. The minimum absolute atomic E-state index is 0.175. The summed E-state index contributed by atoms with van der Waals surface area (Å²) < 4.78 is 11.2. The second-order valence-corrected chi connectivity index (χ2v) is 10.1. The largest absolute Gasteiger partial charge is 0.466 e. The van der Waals surface area contributed by atoms with Gasteiger partial charge in [-0.05, 0) is 93.8 Å². The first-order valence-corrected chi connectivity index (χ1v) is 13.2. The van der Waals surface area contributed by atoms with E-state index in [0.717, 1.165) is 53.1 Å². The molecule has 0 bridgehead atoms. The highest BCUT2D eigenvalue weighted by Crippen LogP contribution is 2.27. The third-order valence-electron chi connectivity index (χ3n) is 6.96. The molecule has 0 aromatic heterocycles. The summed E-state index contributed by atoms with van der Waals surface area (Å²) in [5.74, 6) is -0.182. The van der Waals surface area contributed by atoms with Gasteiger partial charge in [-0.3, -0.25) is 9.69 Å². The Labute approximate surface area is 215 Å². The molecule has 3 rings (SSSR count). The highest BCUT2D eigenvalue weighted by molar-refractivity contribution is 6.31. The maximum Gasteiger partial charge on any atom is 0.306 e. The van der Waals surface area contributed by atoms with Crippen LogP contribution in [0, 0.1) is 13.8 Å². The van der Waals surface area contributed by atoms with Crippen LogP contribution in [-0.2, 0) is 27.1 Å². The predicted octanol–water partition coefficient (Wildman–Crippen LogP) is 5.60. The number of esters is 1. The third-order valence-corrected chi connectivity index (χ3v) is 7.37. The first-order chi connectivity index (χ1) is 16.8. The monoisotopic (exact) mass is 501 g/mol. The Morgan fingerprint density at radius 2 is 2.03 bits per heavy atom. The number of hydrogen-bond acceptors (Lipinski definition) is 5. The van der Waals surface area contributed by atoms with Crippen LogP contribution >= 0.6 is 11.6 Å². The van der Waals surface area contributed by atoms with Gasteiger partial charge in [0.15, 0.2) is 0 Å². The van der Waals surface area contributed by atoms with Crippen molar-refractivity contribution in [3.63, 3.8) is 0 Å². The number of carbonyl (C=O) groups excluding carboxylic acids is 1. The topological polar surface area (TPSA) is 59.0 Å². The van der Waals surface area contributed by atoms with Gasteiger partial charge in [-0.25, -0.2) is 0 Å². The summed E-state index contributed by atoms with van der Waals surface area (Å²) >= 11 is 6.32. The number of aliphatic hydroxyl groups is 1. The molecule has 2 aromatic rings. The van der Waals surface area contributed by atoms with Crippen molar-refractivity contribution in [2.45, 2.75) is 78.0 Å². The van der Waals surface area contributed by atoms with E-state index in [-0.39, 0.29) is 18.7 Å². The number of ether oxygens (including phenoxy) is 2. The summed E-state index contributed by atoms with van der Waals surface area (Å²) in [6, 6.07) is 12.8. The SMILES string of the molecule is CCOC(=O)CCc1c(C)cccc1[C@@H](C)OC[C@H](O)CN1CCC[C@H]1Cc1ccc(C)c(Cl)c1. The average molecular weight is 502 g/mol. The smallest absolute Gasteiger partial charge is 0.306 e. The minimum atomic E-state index is -0.563. The molecule has 6 heteroatoms. The Morgan fingerprint density at radius 3 is 2.77 bits per heavy atom. The quantitative estimate of drug-likeness (QED) is 0.384. The highest BCUT2D eigenvalue weighted by atomic mass is 35.5. The van der Waals surface area contributed by atoms with E-state index in [1.807, 2.05) is 32.9 Å². The molecule has 192 valence electrons. The number of aryl methyl sites for hydroxylation is 2. The molecular weight excluding hydrogens is 462 g/mol. The number of rotatable bonds is 12. The Kier molecular flexibility index (Phi) is 10.6. The summed E-state index contributed by atoms with van der Waals surface area (Å²) in [7, 11) is 0. The Balaban J connectivity index is 1.53. The molecule has 0 spiro atoms. The number of benzene rings is 2. The molecule has 35 heavy (non-hydrogen) atoms. The van der Waals surface area contributed by atoms with Crippen molar-refractivity contribution in [2.24, 2.45) is 0 Å². The molecule has 1 aliphatic rings. The van der Waals surface area contributed by atoms with Crippen LogP contribution < -0.4 is 0 Å². The predicted molar refractivity (Wildman–Crippen MR) is 141 cm³/mol. The van der Waals surface area contributed by atoms with Gasteiger partial charge < -0.3 is 14.6 Å². The van der Waals surface area contributed by atoms with E-state index >= 15 is 0 Å². The summed E-state index contributed by atoms with van der Waals surface area (Å²) in [4.78, 5) is 14.2. The molecule has 1 N–H and O–H groups in total. The molecule has 0 radical (unpaired) electrons. The zero-order chi connectivity index (χ0) is 25.4. The minimum Gasteiger partial charge on any atom is -0.466 e. The molecule has 0 amide bonds. The Morgan fingerprint density at radius 1 is 1.23 bits per heavy atom. The third kappa shape index (κ3) is 8.04. The lowest BCUT2D eigenvalue weighted by Crippen LogP contribution is -2.39. The van der Waals surface area contributed by atoms with Crippen molar-refractivity contribution in [1.29, 1.82) is 0 Å². The van der Waals surface area contributed by atoms with Crippen molar-refractivity contribution in [2.75, 3.05) is 26.3 Å². The number of aliphatic hydroxyl groups excluding tert-OH is 1. The van der Waals surface area contributed by atoms with Crippen molar-refractivity contribution in [3.05, 3.63) is 69.2 Å². The van der Waals surface area contributed by atoms with Crippen LogP contribution in [-0.4, -0.2) is 54.4 Å². The standard InChI is InChI=1S/C29H40ClNO4/c1-5-34-29(33)14-13-26-20(2)8-6-10-27(26)22(4)35-19-25(32)18-31-15-7-9-24(31)16-23-12-11-21(3)28(30)17-23/h6,8,10-12,17,22,24-25,32H,5,7,9,13-16,18-19H2,1-4H3/t22-,24+,25-/m1/s1. The van der Waals surface area contributed by atoms with E-state index in [1.165, 1.54) is 5.56 Å². The first kappa shape index (κ1) is 27.7. The summed E-state index contributed by atoms with van der Waals surface area (Å²) in [6.45, 7) is 10.2. The van der Waals surface area contributed by atoms with Crippen LogP contribution in [0.3, 0.4) is 0 Å². The van der Waals surface area contributed by atoms with E-state index < -0.39 is 6.10 Å². The second-order valence-electron chi connectivity index (χ2n) is 9.66. The molecule has 0 aliphatic carbocycles. The van der Waals surface area contributed by atoms with E-state index in [0.29, 0.717) is 32.0 Å².